The molecular weight excluding hydrogens is 238 g/mol. The lowest BCUT2D eigenvalue weighted by atomic mass is 10.3. The molecule has 5 nitrogen and oxygen atoms in total. The molecule has 0 aliphatic rings. The van der Waals surface area contributed by atoms with Crippen LogP contribution in [0.2, 0.25) is 0 Å². The molecule has 0 fully saturated rings. The number of imidazole rings is 1. The van der Waals surface area contributed by atoms with Crippen LogP contribution in [0.1, 0.15) is 19.2 Å². The van der Waals surface area contributed by atoms with E-state index in [-0.39, 0.29) is 16.9 Å². The quantitative estimate of drug-likeness (QED) is 0.767. The Labute approximate surface area is 94.3 Å². The number of alkyl halides is 1. The second-order valence-electron chi connectivity index (χ2n) is 3.21. The lowest BCUT2D eigenvalue weighted by Gasteiger charge is -2.12. The molecule has 7 heteroatoms. The van der Waals surface area contributed by atoms with Crippen molar-refractivity contribution in [2.45, 2.75) is 31.3 Å². The van der Waals surface area contributed by atoms with Gasteiger partial charge in [-0.25, -0.2) is 18.1 Å². The van der Waals surface area contributed by atoms with Crippen molar-refractivity contribution in [1.82, 2.24) is 14.7 Å². The van der Waals surface area contributed by atoms with Crippen LogP contribution in [0.25, 0.3) is 0 Å². The number of nitrogens with one attached hydrogen (secondary N) is 2. The van der Waals surface area contributed by atoms with Gasteiger partial charge in [0.25, 0.3) is 10.0 Å². The van der Waals surface area contributed by atoms with E-state index in [9.17, 15) is 8.42 Å². The van der Waals surface area contributed by atoms with E-state index in [1.54, 1.807) is 6.92 Å². The van der Waals surface area contributed by atoms with Crippen molar-refractivity contribution in [2.24, 2.45) is 0 Å². The first kappa shape index (κ1) is 12.5. The lowest BCUT2D eigenvalue weighted by molar-refractivity contribution is 0.554. The number of rotatable bonds is 5. The van der Waals surface area contributed by atoms with Crippen molar-refractivity contribution in [3.8, 4) is 0 Å². The molecule has 0 aliphatic carbocycles. The number of hydrogen-bond acceptors (Lipinski definition) is 3. The molecule has 1 atom stereocenters. The van der Waals surface area contributed by atoms with Crippen molar-refractivity contribution < 1.29 is 8.42 Å². The standard InChI is InChI=1S/C8H14ClN3O2S/c1-3-7(4-9)12-15(13,14)8-5-10-6(2)11-8/h5,7,12H,3-4H2,1-2H3,(H,10,11). The first-order valence-corrected chi connectivity index (χ1v) is 6.61. The molecule has 2 N–H and O–H groups in total. The minimum absolute atomic E-state index is 0.0727. The second-order valence-corrected chi connectivity index (χ2v) is 5.20. The van der Waals surface area contributed by atoms with Crippen LogP contribution >= 0.6 is 11.6 Å². The highest BCUT2D eigenvalue weighted by atomic mass is 35.5. The highest BCUT2D eigenvalue weighted by Crippen LogP contribution is 2.07. The molecule has 1 aromatic rings. The van der Waals surface area contributed by atoms with Crippen LogP contribution in [0.4, 0.5) is 0 Å². The van der Waals surface area contributed by atoms with Crippen molar-refractivity contribution >= 4 is 21.6 Å². The van der Waals surface area contributed by atoms with E-state index >= 15 is 0 Å². The number of aryl methyl sites for hydroxylation is 1. The van der Waals surface area contributed by atoms with Gasteiger partial charge in [0.1, 0.15) is 5.82 Å². The Balaban J connectivity index is 2.84. The van der Waals surface area contributed by atoms with Crippen LogP contribution in [-0.4, -0.2) is 30.3 Å². The molecule has 0 saturated heterocycles. The van der Waals surface area contributed by atoms with Gasteiger partial charge >= 0.3 is 0 Å². The average Bonchev–Trinajstić information content (AvgIpc) is 2.62. The van der Waals surface area contributed by atoms with Gasteiger partial charge in [0.2, 0.25) is 0 Å². The molecule has 0 bridgehead atoms. The van der Waals surface area contributed by atoms with E-state index in [2.05, 4.69) is 14.7 Å². The summed E-state index contributed by atoms with van der Waals surface area (Å²) in [6, 6.07) is -0.250. The molecular formula is C8H14ClN3O2S. The van der Waals surface area contributed by atoms with Gasteiger partial charge in [-0.1, -0.05) is 6.92 Å². The summed E-state index contributed by atoms with van der Waals surface area (Å²) in [6.45, 7) is 3.56. The second kappa shape index (κ2) is 4.96. The van der Waals surface area contributed by atoms with Gasteiger partial charge in [-0.3, -0.25) is 0 Å². The summed E-state index contributed by atoms with van der Waals surface area (Å²) in [5.74, 6) is 0.817. The monoisotopic (exact) mass is 251 g/mol. The van der Waals surface area contributed by atoms with E-state index in [0.717, 1.165) is 0 Å². The van der Waals surface area contributed by atoms with Crippen molar-refractivity contribution in [3.63, 3.8) is 0 Å². The third-order valence-corrected chi connectivity index (χ3v) is 3.77. The largest absolute Gasteiger partial charge is 0.332 e. The van der Waals surface area contributed by atoms with Crippen LogP contribution in [-0.2, 0) is 10.0 Å². The molecule has 15 heavy (non-hydrogen) atoms. The molecule has 0 aromatic carbocycles. The fraction of sp³-hybridized carbons (Fsp3) is 0.625. The Morgan fingerprint density at radius 1 is 1.67 bits per heavy atom. The van der Waals surface area contributed by atoms with Gasteiger partial charge in [0, 0.05) is 11.9 Å². The molecule has 0 saturated carbocycles. The van der Waals surface area contributed by atoms with Gasteiger partial charge in [-0.05, 0) is 13.3 Å². The Morgan fingerprint density at radius 2 is 2.33 bits per heavy atom. The molecule has 0 radical (unpaired) electrons. The lowest BCUT2D eigenvalue weighted by Crippen LogP contribution is -2.35. The molecule has 1 unspecified atom stereocenters. The van der Waals surface area contributed by atoms with E-state index < -0.39 is 10.0 Å². The summed E-state index contributed by atoms with van der Waals surface area (Å²) in [7, 11) is -3.52. The number of hydrogen-bond donors (Lipinski definition) is 2. The van der Waals surface area contributed by atoms with Gasteiger partial charge in [-0.15, -0.1) is 11.6 Å². The maximum atomic E-state index is 11.7. The Morgan fingerprint density at radius 3 is 2.73 bits per heavy atom. The summed E-state index contributed by atoms with van der Waals surface area (Å²) in [6.07, 6.45) is 1.94. The number of aromatic nitrogens is 2. The fourth-order valence-electron chi connectivity index (χ4n) is 1.04. The smallest absolute Gasteiger partial charge is 0.257 e. The summed E-state index contributed by atoms with van der Waals surface area (Å²) >= 11 is 5.61. The van der Waals surface area contributed by atoms with E-state index in [4.69, 9.17) is 11.6 Å². The normalized spacial score (nSPS) is 14.1. The Bertz CT molecular complexity index is 411. The fourth-order valence-corrected chi connectivity index (χ4v) is 2.72. The van der Waals surface area contributed by atoms with Gasteiger partial charge < -0.3 is 4.98 Å². The first-order chi connectivity index (χ1) is 6.99. The van der Waals surface area contributed by atoms with Crippen molar-refractivity contribution in [3.05, 3.63) is 12.0 Å². The summed E-state index contributed by atoms with van der Waals surface area (Å²) in [5.41, 5.74) is 0. The number of nitrogens with zero attached hydrogens (tertiary/aromatic N) is 1. The van der Waals surface area contributed by atoms with Crippen LogP contribution < -0.4 is 4.72 Å². The number of halogens is 1. The zero-order chi connectivity index (χ0) is 11.5. The summed E-state index contributed by atoms with van der Waals surface area (Å²) < 4.78 is 26.0. The summed E-state index contributed by atoms with van der Waals surface area (Å²) in [5, 5.41) is 0.0727. The highest BCUT2D eigenvalue weighted by Gasteiger charge is 2.20. The van der Waals surface area contributed by atoms with E-state index in [1.807, 2.05) is 6.92 Å². The van der Waals surface area contributed by atoms with Crippen molar-refractivity contribution in [2.75, 3.05) is 5.88 Å². The summed E-state index contributed by atoms with van der Waals surface area (Å²) in [4.78, 5) is 6.50. The van der Waals surface area contributed by atoms with Crippen LogP contribution in [0.15, 0.2) is 11.2 Å². The minimum atomic E-state index is -3.52. The highest BCUT2D eigenvalue weighted by molar-refractivity contribution is 7.89. The predicted molar refractivity (Wildman–Crippen MR) is 58.4 cm³/mol. The molecule has 1 rings (SSSR count). The van der Waals surface area contributed by atoms with Crippen LogP contribution in [0.3, 0.4) is 0 Å². The van der Waals surface area contributed by atoms with Crippen LogP contribution in [0, 0.1) is 6.92 Å². The van der Waals surface area contributed by atoms with Gasteiger partial charge in [0.15, 0.2) is 5.03 Å². The Kier molecular flexibility index (Phi) is 4.12. The van der Waals surface area contributed by atoms with Gasteiger partial charge in [-0.2, -0.15) is 0 Å². The maximum Gasteiger partial charge on any atom is 0.257 e. The number of H-pyrrole nitrogens is 1. The third kappa shape index (κ3) is 3.19. The molecule has 0 spiro atoms. The van der Waals surface area contributed by atoms with Crippen LogP contribution in [0.5, 0.6) is 0 Å². The molecule has 1 heterocycles. The van der Waals surface area contributed by atoms with Crippen molar-refractivity contribution in [1.29, 1.82) is 0 Å². The molecule has 0 amide bonds. The maximum absolute atomic E-state index is 11.7. The molecule has 86 valence electrons. The predicted octanol–water partition coefficient (Wildman–Crippen LogP) is 1.01. The first-order valence-electron chi connectivity index (χ1n) is 4.59. The van der Waals surface area contributed by atoms with Gasteiger partial charge in [0.05, 0.1) is 6.20 Å². The topological polar surface area (TPSA) is 74.8 Å². The average molecular weight is 252 g/mol. The third-order valence-electron chi connectivity index (χ3n) is 1.97. The Hall–Kier alpha value is -0.590. The van der Waals surface area contributed by atoms with E-state index in [0.29, 0.717) is 12.2 Å². The molecule has 1 aromatic heterocycles. The number of sulfonamides is 1. The zero-order valence-corrected chi connectivity index (χ0v) is 10.2. The minimum Gasteiger partial charge on any atom is -0.332 e. The zero-order valence-electron chi connectivity index (χ0n) is 8.62. The van der Waals surface area contributed by atoms with E-state index in [1.165, 1.54) is 6.20 Å². The molecule has 0 aliphatic heterocycles. The SMILES string of the molecule is CCC(CCl)NS(=O)(=O)c1cnc(C)[nH]1. The number of aromatic amines is 1.